The molecule has 12 nitrogen and oxygen atoms in total. The maximum atomic E-state index is 13.7. The van der Waals surface area contributed by atoms with Gasteiger partial charge in [0, 0.05) is 83.0 Å². The summed E-state index contributed by atoms with van der Waals surface area (Å²) in [4.78, 5) is 29.1. The van der Waals surface area contributed by atoms with Crippen LogP contribution in [0.4, 0.5) is 0 Å². The average Bonchev–Trinajstić information content (AvgIpc) is 3.40. The molecule has 1 aliphatic heterocycles. The first-order valence-electron chi connectivity index (χ1n) is 15.8. The molecule has 256 valence electrons. The van der Waals surface area contributed by atoms with Crippen LogP contribution in [0, 0.1) is 34.5 Å². The van der Waals surface area contributed by atoms with Gasteiger partial charge in [-0.1, -0.05) is 18.2 Å². The monoisotopic (exact) mass is 711 g/mol. The molecule has 15 atom stereocenters. The summed E-state index contributed by atoms with van der Waals surface area (Å²) in [6.07, 6.45) is -5.50. The van der Waals surface area contributed by atoms with Crippen molar-refractivity contribution in [3.05, 3.63) is 35.9 Å². The van der Waals surface area contributed by atoms with Crippen LogP contribution in [0.5, 0.6) is 0 Å². The van der Waals surface area contributed by atoms with Crippen molar-refractivity contribution >= 4 is 28.9 Å². The summed E-state index contributed by atoms with van der Waals surface area (Å²) in [5.74, 6) is -3.66. The molecular formula is C33H46BrNO11. The zero-order valence-electron chi connectivity index (χ0n) is 27.0. The highest BCUT2D eigenvalue weighted by Crippen LogP contribution is 2.80. The number of fused-ring (bicyclic) bond motifs is 2. The van der Waals surface area contributed by atoms with Crippen molar-refractivity contribution in [3.63, 3.8) is 0 Å². The molecule has 13 heteroatoms. The van der Waals surface area contributed by atoms with E-state index in [0.29, 0.717) is 18.5 Å². The Hall–Kier alpha value is -1.68. The van der Waals surface area contributed by atoms with Gasteiger partial charge in [-0.15, -0.1) is 17.0 Å². The predicted molar refractivity (Wildman–Crippen MR) is 166 cm³/mol. The third-order valence-electron chi connectivity index (χ3n) is 12.9. The minimum Gasteiger partial charge on any atom is -0.455 e. The lowest BCUT2D eigenvalue weighted by Gasteiger charge is -2.70. The van der Waals surface area contributed by atoms with Gasteiger partial charge in [0.15, 0.2) is 5.60 Å². The number of hydrogen-bond acceptors (Lipinski definition) is 12. The third-order valence-corrected chi connectivity index (χ3v) is 12.9. The molecular weight excluding hydrogens is 666 g/mol. The largest absolute Gasteiger partial charge is 0.455 e. The van der Waals surface area contributed by atoms with Crippen molar-refractivity contribution in [2.45, 2.75) is 73.6 Å². The molecule has 7 bridgehead atoms. The summed E-state index contributed by atoms with van der Waals surface area (Å²) in [7, 11) is 8.20. The molecule has 5 aliphatic carbocycles. The van der Waals surface area contributed by atoms with Gasteiger partial charge in [0.2, 0.25) is 0 Å². The van der Waals surface area contributed by atoms with Gasteiger partial charge < -0.3 is 48.6 Å². The highest BCUT2D eigenvalue weighted by atomic mass is 79.9. The van der Waals surface area contributed by atoms with Crippen molar-refractivity contribution in [1.29, 1.82) is 0 Å². The summed E-state index contributed by atoms with van der Waals surface area (Å²) >= 11 is 0. The molecule has 0 radical (unpaired) electrons. The Morgan fingerprint density at radius 1 is 1.00 bits per heavy atom. The number of aliphatic hydroxyl groups is 3. The molecule has 1 saturated heterocycles. The Balaban J connectivity index is 0.00000372. The highest BCUT2D eigenvalue weighted by molar-refractivity contribution is 8.93. The lowest BCUT2D eigenvalue weighted by Crippen LogP contribution is -2.81. The Bertz CT molecular complexity index is 1350. The number of methoxy groups -OCH3 is 4. The normalized spacial score (nSPS) is 49.6. The average molecular weight is 713 g/mol. The van der Waals surface area contributed by atoms with Crippen LogP contribution >= 0.6 is 17.0 Å². The quantitative estimate of drug-likeness (QED) is 0.328. The Morgan fingerprint density at radius 3 is 2.28 bits per heavy atom. The van der Waals surface area contributed by atoms with E-state index in [0.717, 1.165) is 0 Å². The van der Waals surface area contributed by atoms with E-state index in [4.69, 9.17) is 28.4 Å². The van der Waals surface area contributed by atoms with Crippen LogP contribution in [0.1, 0.15) is 30.1 Å². The van der Waals surface area contributed by atoms with Crippen molar-refractivity contribution < 1.29 is 53.3 Å². The summed E-state index contributed by atoms with van der Waals surface area (Å²) < 4.78 is 37.2. The molecule has 0 aromatic heterocycles. The van der Waals surface area contributed by atoms with Crippen LogP contribution in [0.3, 0.4) is 0 Å². The number of nitrogens with zero attached hydrogens (tertiary/aromatic N) is 1. The fraction of sp³-hybridized carbons (Fsp3) is 0.758. The number of likely N-dealkylation sites (tertiary alicyclic amines) is 1. The summed E-state index contributed by atoms with van der Waals surface area (Å²) in [5, 5.41) is 37.0. The second-order valence-electron chi connectivity index (χ2n) is 14.3. The van der Waals surface area contributed by atoms with Gasteiger partial charge in [0.05, 0.1) is 30.5 Å². The minimum atomic E-state index is -1.83. The van der Waals surface area contributed by atoms with E-state index in [9.17, 15) is 24.9 Å². The number of piperidine rings is 1. The van der Waals surface area contributed by atoms with Crippen molar-refractivity contribution in [1.82, 2.24) is 4.90 Å². The fourth-order valence-corrected chi connectivity index (χ4v) is 12.2. The van der Waals surface area contributed by atoms with Gasteiger partial charge in [-0.25, -0.2) is 4.79 Å². The van der Waals surface area contributed by atoms with Crippen LogP contribution in [-0.2, 0) is 33.2 Å². The SMILES string of the molecule is Br.COC[C@]12CN(C)C3[C@H]4[C@H](OC)[C@H]1[C@@]3([C@@H](OC)C[C@H]2O)[C@@H]1C[C@@]2(O)[C@H](OC(=O)c3ccccc3)[C@@H]1[C@]4(OC(C)=O)[C@@H](O)[C@@H]2OC. The van der Waals surface area contributed by atoms with E-state index >= 15 is 0 Å². The van der Waals surface area contributed by atoms with E-state index < -0.39 is 88.3 Å². The van der Waals surface area contributed by atoms with Crippen LogP contribution < -0.4 is 0 Å². The maximum Gasteiger partial charge on any atom is 0.338 e. The van der Waals surface area contributed by atoms with Gasteiger partial charge >= 0.3 is 11.9 Å². The number of rotatable bonds is 8. The van der Waals surface area contributed by atoms with Gasteiger partial charge in [-0.3, -0.25) is 4.79 Å². The fourth-order valence-electron chi connectivity index (χ4n) is 12.2. The van der Waals surface area contributed by atoms with Gasteiger partial charge in [-0.2, -0.15) is 0 Å². The first-order chi connectivity index (χ1) is 21.4. The maximum absolute atomic E-state index is 13.7. The third kappa shape index (κ3) is 3.83. The number of carbonyl (C=O) groups excluding carboxylic acids is 2. The molecule has 6 aliphatic rings. The molecule has 1 aromatic rings. The number of ether oxygens (including phenoxy) is 6. The first kappa shape index (κ1) is 34.2. The van der Waals surface area contributed by atoms with Gasteiger partial charge in [-0.05, 0) is 31.5 Å². The number of esters is 2. The number of aliphatic hydroxyl groups excluding tert-OH is 2. The second kappa shape index (κ2) is 11.4. The minimum absolute atomic E-state index is 0. The molecule has 5 saturated carbocycles. The summed E-state index contributed by atoms with van der Waals surface area (Å²) in [5.41, 5.74) is -4.79. The Kier molecular flexibility index (Phi) is 8.51. The predicted octanol–water partition coefficient (Wildman–Crippen LogP) is 0.836. The lowest BCUT2D eigenvalue weighted by atomic mass is 9.42. The molecule has 1 spiro atoms. The Labute approximate surface area is 279 Å². The molecule has 7 rings (SSSR count). The van der Waals surface area contributed by atoms with Crippen LogP contribution in [-0.4, -0.2) is 135 Å². The zero-order chi connectivity index (χ0) is 32.3. The number of benzene rings is 1. The van der Waals surface area contributed by atoms with Gasteiger partial charge in [0.1, 0.15) is 23.9 Å². The van der Waals surface area contributed by atoms with E-state index in [-0.39, 0.29) is 42.0 Å². The van der Waals surface area contributed by atoms with Crippen LogP contribution in [0.15, 0.2) is 30.3 Å². The van der Waals surface area contributed by atoms with E-state index in [2.05, 4.69) is 4.90 Å². The van der Waals surface area contributed by atoms with E-state index in [1.807, 2.05) is 7.05 Å². The lowest BCUT2D eigenvalue weighted by molar-refractivity contribution is -0.321. The standard InChI is InChI=1S/C33H45NO11.BrH/c1-16(35)45-33-21-18(13-31(39,28(43-6)26(33)37)27(21)44-29(38)17-10-8-7-9-11-17)32-20(41-4)12-19(36)30(15-40-3)14-34(2)25(32)22(33)23(42-5)24(30)32;/h7-11,18-28,36-37,39H,12-15H2,1-6H3;1H/t18-,19-,20+,21-,22-,23+,24-,25?,26+,27-,28+,30+,31-,32+,33-;/m1./s1. The highest BCUT2D eigenvalue weighted by Gasteiger charge is 2.92. The smallest absolute Gasteiger partial charge is 0.338 e. The first-order valence-corrected chi connectivity index (χ1v) is 15.8. The molecule has 1 unspecified atom stereocenters. The molecule has 1 heterocycles. The van der Waals surface area contributed by atoms with Crippen molar-refractivity contribution in [2.75, 3.05) is 48.6 Å². The van der Waals surface area contributed by atoms with E-state index in [1.165, 1.54) is 14.0 Å². The summed E-state index contributed by atoms with van der Waals surface area (Å²) in [6.45, 7) is 2.00. The molecule has 46 heavy (non-hydrogen) atoms. The van der Waals surface area contributed by atoms with Crippen LogP contribution in [0.25, 0.3) is 0 Å². The molecule has 6 fully saturated rings. The van der Waals surface area contributed by atoms with Crippen molar-refractivity contribution in [3.8, 4) is 0 Å². The second-order valence-corrected chi connectivity index (χ2v) is 14.3. The van der Waals surface area contributed by atoms with Crippen LogP contribution in [0.2, 0.25) is 0 Å². The zero-order valence-corrected chi connectivity index (χ0v) is 28.7. The molecule has 1 aromatic carbocycles. The number of carbonyl (C=O) groups is 2. The summed E-state index contributed by atoms with van der Waals surface area (Å²) in [6, 6.07) is 8.15. The number of halogens is 1. The van der Waals surface area contributed by atoms with Crippen molar-refractivity contribution in [2.24, 2.45) is 34.5 Å². The molecule has 0 amide bonds. The topological polar surface area (TPSA) is 153 Å². The number of hydrogen-bond donors (Lipinski definition) is 3. The van der Waals surface area contributed by atoms with E-state index in [1.54, 1.807) is 51.7 Å². The Morgan fingerprint density at radius 2 is 1.70 bits per heavy atom. The molecule has 3 N–H and O–H groups in total. The van der Waals surface area contributed by atoms with Gasteiger partial charge in [0.25, 0.3) is 0 Å².